The second kappa shape index (κ2) is 7.25. The lowest BCUT2D eigenvalue weighted by atomic mass is 9.92. The lowest BCUT2D eigenvalue weighted by molar-refractivity contribution is -0.126. The number of hydrogen-bond donors (Lipinski definition) is 1. The number of ether oxygens (including phenoxy) is 2. The highest BCUT2D eigenvalue weighted by Crippen LogP contribution is 2.23. The number of rotatable bonds is 4. The van der Waals surface area contributed by atoms with Gasteiger partial charge >= 0.3 is 6.01 Å². The normalized spacial score (nSPS) is 27.7. The van der Waals surface area contributed by atoms with Gasteiger partial charge in [0.25, 0.3) is 0 Å². The molecule has 1 amide bonds. The molecule has 0 bridgehead atoms. The zero-order chi connectivity index (χ0) is 16.2. The molecule has 1 N–H and O–H groups in total. The second-order valence-electron chi connectivity index (χ2n) is 6.59. The maximum absolute atomic E-state index is 12.1. The zero-order valence-corrected chi connectivity index (χ0v) is 13.9. The highest BCUT2D eigenvalue weighted by Gasteiger charge is 2.28. The first-order valence-corrected chi connectivity index (χ1v) is 8.47. The van der Waals surface area contributed by atoms with E-state index in [1.54, 1.807) is 0 Å². The molecule has 0 aromatic carbocycles. The quantitative estimate of drug-likeness (QED) is 0.918. The van der Waals surface area contributed by atoms with Gasteiger partial charge < -0.3 is 14.8 Å². The molecule has 0 spiro atoms. The molecule has 3 rings (SSSR count). The summed E-state index contributed by atoms with van der Waals surface area (Å²) in [6, 6.07) is 2.66. The predicted octanol–water partition coefficient (Wildman–Crippen LogP) is 1.94. The van der Waals surface area contributed by atoms with Crippen molar-refractivity contribution in [1.82, 2.24) is 15.3 Å². The summed E-state index contributed by atoms with van der Waals surface area (Å²) < 4.78 is 11.2. The molecule has 6 heteroatoms. The van der Waals surface area contributed by atoms with Gasteiger partial charge in [0.1, 0.15) is 6.10 Å². The average molecular weight is 319 g/mol. The fourth-order valence-corrected chi connectivity index (χ4v) is 3.28. The third-order valence-corrected chi connectivity index (χ3v) is 4.55. The first-order chi connectivity index (χ1) is 11.1. The lowest BCUT2D eigenvalue weighted by Crippen LogP contribution is -2.42. The monoisotopic (exact) mass is 319 g/mol. The van der Waals surface area contributed by atoms with Crippen molar-refractivity contribution in [3.8, 4) is 6.01 Å². The van der Waals surface area contributed by atoms with E-state index in [2.05, 4.69) is 15.3 Å². The van der Waals surface area contributed by atoms with Gasteiger partial charge in [0.15, 0.2) is 0 Å². The van der Waals surface area contributed by atoms with Gasteiger partial charge in [0.05, 0.1) is 12.5 Å². The minimum absolute atomic E-state index is 0.0349. The van der Waals surface area contributed by atoms with E-state index in [-0.39, 0.29) is 24.0 Å². The van der Waals surface area contributed by atoms with Crippen molar-refractivity contribution >= 4 is 5.91 Å². The molecule has 1 saturated heterocycles. The third-order valence-electron chi connectivity index (χ3n) is 4.55. The Labute approximate surface area is 137 Å². The number of carbonyl (C=O) groups excluding carboxylic acids is 1. The maximum Gasteiger partial charge on any atom is 0.317 e. The van der Waals surface area contributed by atoms with Crippen LogP contribution in [0.5, 0.6) is 6.01 Å². The van der Waals surface area contributed by atoms with Gasteiger partial charge in [-0.3, -0.25) is 4.79 Å². The van der Waals surface area contributed by atoms with E-state index >= 15 is 0 Å². The van der Waals surface area contributed by atoms with Gasteiger partial charge in [0.2, 0.25) is 5.91 Å². The number of amides is 1. The summed E-state index contributed by atoms with van der Waals surface area (Å²) in [5, 5.41) is 3.16. The summed E-state index contributed by atoms with van der Waals surface area (Å²) in [5.41, 5.74) is 1.85. The molecule has 0 unspecified atom stereocenters. The summed E-state index contributed by atoms with van der Waals surface area (Å²) in [5.74, 6) is 0.178. The molecule has 1 atom stereocenters. The molecule has 6 nitrogen and oxygen atoms in total. The molecule has 1 aromatic rings. The number of aromatic nitrogens is 2. The molecular weight excluding hydrogens is 294 g/mol. The highest BCUT2D eigenvalue weighted by molar-refractivity contribution is 5.79. The SMILES string of the molecule is Cc1cc(C)nc(OC2CCC(NC(=O)[C@H]3CCOC3)CC2)n1. The van der Waals surface area contributed by atoms with Crippen LogP contribution in [-0.2, 0) is 9.53 Å². The Morgan fingerprint density at radius 2 is 1.87 bits per heavy atom. The van der Waals surface area contributed by atoms with E-state index < -0.39 is 0 Å². The molecular formula is C17H25N3O3. The van der Waals surface area contributed by atoms with Crippen LogP contribution in [0.4, 0.5) is 0 Å². The van der Waals surface area contributed by atoms with Gasteiger partial charge in [-0.25, -0.2) is 9.97 Å². The van der Waals surface area contributed by atoms with E-state index in [4.69, 9.17) is 9.47 Å². The molecule has 2 aliphatic rings. The van der Waals surface area contributed by atoms with Gasteiger partial charge in [-0.2, -0.15) is 0 Å². The average Bonchev–Trinajstić information content (AvgIpc) is 3.02. The Morgan fingerprint density at radius 1 is 1.17 bits per heavy atom. The minimum atomic E-state index is 0.0349. The Balaban J connectivity index is 1.45. The molecule has 1 saturated carbocycles. The summed E-state index contributed by atoms with van der Waals surface area (Å²) in [4.78, 5) is 20.8. The third kappa shape index (κ3) is 4.41. The molecule has 0 radical (unpaired) electrons. The smallest absolute Gasteiger partial charge is 0.317 e. The molecule has 126 valence electrons. The van der Waals surface area contributed by atoms with Crippen molar-refractivity contribution in [3.63, 3.8) is 0 Å². The number of hydrogen-bond acceptors (Lipinski definition) is 5. The van der Waals surface area contributed by atoms with Gasteiger partial charge in [-0.1, -0.05) is 0 Å². The van der Waals surface area contributed by atoms with Crippen LogP contribution in [-0.4, -0.2) is 41.2 Å². The number of carbonyl (C=O) groups is 1. The van der Waals surface area contributed by atoms with Crippen LogP contribution in [0.25, 0.3) is 0 Å². The number of nitrogens with one attached hydrogen (secondary N) is 1. The molecule has 2 heterocycles. The van der Waals surface area contributed by atoms with Crippen LogP contribution < -0.4 is 10.1 Å². The van der Waals surface area contributed by atoms with Gasteiger partial charge in [-0.05, 0) is 52.0 Å². The first-order valence-electron chi connectivity index (χ1n) is 8.47. The summed E-state index contributed by atoms with van der Waals surface area (Å²) in [6.45, 7) is 5.16. The largest absolute Gasteiger partial charge is 0.460 e. The van der Waals surface area contributed by atoms with Crippen LogP contribution in [0.15, 0.2) is 6.07 Å². The summed E-state index contributed by atoms with van der Waals surface area (Å²) in [7, 11) is 0. The second-order valence-corrected chi connectivity index (χ2v) is 6.59. The maximum atomic E-state index is 12.1. The Morgan fingerprint density at radius 3 is 2.48 bits per heavy atom. The standard InChI is InChI=1S/C17H25N3O3/c1-11-9-12(2)19-17(18-11)23-15-5-3-14(4-6-15)20-16(21)13-7-8-22-10-13/h9,13-15H,3-8,10H2,1-2H3,(H,20,21)/t13-,14?,15?/m0/s1. The van der Waals surface area contributed by atoms with Crippen molar-refractivity contribution in [1.29, 1.82) is 0 Å². The number of nitrogens with zero attached hydrogens (tertiary/aromatic N) is 2. The van der Waals surface area contributed by atoms with E-state index in [9.17, 15) is 4.79 Å². The minimum Gasteiger partial charge on any atom is -0.460 e. The number of aryl methyl sites for hydroxylation is 2. The fraction of sp³-hybridized carbons (Fsp3) is 0.706. The predicted molar refractivity (Wildman–Crippen MR) is 85.2 cm³/mol. The topological polar surface area (TPSA) is 73.3 Å². The molecule has 1 aromatic heterocycles. The first kappa shape index (κ1) is 16.2. The van der Waals surface area contributed by atoms with Crippen LogP contribution >= 0.6 is 0 Å². The molecule has 23 heavy (non-hydrogen) atoms. The van der Waals surface area contributed by atoms with Crippen molar-refractivity contribution in [2.75, 3.05) is 13.2 Å². The van der Waals surface area contributed by atoms with Gasteiger partial charge in [-0.15, -0.1) is 0 Å². The molecule has 1 aliphatic carbocycles. The van der Waals surface area contributed by atoms with E-state index in [1.165, 1.54) is 0 Å². The van der Waals surface area contributed by atoms with Crippen molar-refractivity contribution in [3.05, 3.63) is 17.5 Å². The molecule has 2 fully saturated rings. The Kier molecular flexibility index (Phi) is 5.10. The summed E-state index contributed by atoms with van der Waals surface area (Å²) >= 11 is 0. The van der Waals surface area contributed by atoms with Crippen molar-refractivity contribution in [2.24, 2.45) is 5.92 Å². The fourth-order valence-electron chi connectivity index (χ4n) is 3.28. The van der Waals surface area contributed by atoms with Gasteiger partial charge in [0, 0.05) is 24.0 Å². The van der Waals surface area contributed by atoms with Crippen LogP contribution in [0.3, 0.4) is 0 Å². The zero-order valence-electron chi connectivity index (χ0n) is 13.9. The van der Waals surface area contributed by atoms with E-state index in [1.807, 2.05) is 19.9 Å². The summed E-state index contributed by atoms with van der Waals surface area (Å²) in [6.07, 6.45) is 4.70. The molecule has 1 aliphatic heterocycles. The van der Waals surface area contributed by atoms with Crippen LogP contribution in [0.2, 0.25) is 0 Å². The highest BCUT2D eigenvalue weighted by atomic mass is 16.5. The Bertz CT molecular complexity index is 530. The van der Waals surface area contributed by atoms with Crippen molar-refractivity contribution in [2.45, 2.75) is 58.1 Å². The van der Waals surface area contributed by atoms with E-state index in [0.717, 1.165) is 43.5 Å². The Hall–Kier alpha value is -1.69. The van der Waals surface area contributed by atoms with Crippen molar-refractivity contribution < 1.29 is 14.3 Å². The lowest BCUT2D eigenvalue weighted by Gasteiger charge is -2.29. The van der Waals surface area contributed by atoms with Crippen LogP contribution in [0.1, 0.15) is 43.5 Å². The van der Waals surface area contributed by atoms with Crippen LogP contribution in [0, 0.1) is 19.8 Å². The van der Waals surface area contributed by atoms with E-state index in [0.29, 0.717) is 19.2 Å².